The minimum atomic E-state index is -2.32. The summed E-state index contributed by atoms with van der Waals surface area (Å²) in [4.78, 5) is 111. The Bertz CT molecular complexity index is 4780. The first kappa shape index (κ1) is 102. The number of rotatable bonds is 42. The first-order chi connectivity index (χ1) is 64.1. The van der Waals surface area contributed by atoms with E-state index in [9.17, 15) is 38.7 Å². The fourth-order valence-electron chi connectivity index (χ4n) is 15.8. The van der Waals surface area contributed by atoms with Gasteiger partial charge >= 0.3 is 47.9 Å². The second kappa shape index (κ2) is 50.7. The number of halogens is 3. The molecule has 12 rings (SSSR count). The van der Waals surface area contributed by atoms with Crippen LogP contribution in [0, 0.1) is 0 Å². The molecule has 0 bridgehead atoms. The van der Waals surface area contributed by atoms with Crippen LogP contribution in [-0.2, 0) is 193 Å². The predicted octanol–water partition coefficient (Wildman–Crippen LogP) is 10.8. The van der Waals surface area contributed by atoms with Gasteiger partial charge in [0.1, 0.15) is 92.5 Å². The largest absolute Gasteiger partial charge is 0.463 e. The van der Waals surface area contributed by atoms with Crippen molar-refractivity contribution in [2.75, 3.05) is 33.0 Å². The molecule has 5 aliphatic heterocycles. The van der Waals surface area contributed by atoms with E-state index in [0.29, 0.717) is 33.4 Å². The van der Waals surface area contributed by atoms with Gasteiger partial charge in [-0.2, -0.15) is 0 Å². The molecule has 718 valence electrons. The van der Waals surface area contributed by atoms with Crippen molar-refractivity contribution >= 4 is 82.7 Å². The highest BCUT2D eigenvalue weighted by atomic mass is 35.6. The Balaban J connectivity index is 1.09. The van der Waals surface area contributed by atoms with Gasteiger partial charge in [0.05, 0.1) is 72.2 Å². The number of aliphatic hydroxyl groups excluding tert-OH is 1. The van der Waals surface area contributed by atoms with E-state index in [-0.39, 0.29) is 52.9 Å². The third-order valence-corrected chi connectivity index (χ3v) is 21.9. The zero-order valence-corrected chi connectivity index (χ0v) is 76.5. The van der Waals surface area contributed by atoms with Crippen LogP contribution in [-0.4, -0.2) is 243 Å². The number of hydrogen-bond donors (Lipinski definition) is 2. The number of carbonyl (C=O) groups excluding carboxylic acids is 8. The molecule has 0 spiro atoms. The van der Waals surface area contributed by atoms with Gasteiger partial charge in [0.2, 0.25) is 3.79 Å². The van der Waals surface area contributed by atoms with E-state index in [2.05, 4.69) is 5.32 Å². The lowest BCUT2D eigenvalue weighted by Crippen LogP contribution is -2.72. The van der Waals surface area contributed by atoms with E-state index < -0.39 is 232 Å². The summed E-state index contributed by atoms with van der Waals surface area (Å²) in [5.41, 5.74) is 4.60. The quantitative estimate of drug-likeness (QED) is 0.0204. The number of hydrogen-bond acceptors (Lipinski definition) is 33. The fraction of sp³-hybridized carbons (Fsp3) is 0.479. The van der Waals surface area contributed by atoms with Gasteiger partial charge in [0, 0.05) is 48.5 Å². The number of alkyl carbamates (subject to hydrolysis) is 1. The van der Waals surface area contributed by atoms with Gasteiger partial charge in [-0.05, 0) is 45.9 Å². The van der Waals surface area contributed by atoms with Crippen molar-refractivity contribution < 1.29 is 157 Å². The summed E-state index contributed by atoms with van der Waals surface area (Å²) < 4.78 is 158. The lowest BCUT2D eigenvalue weighted by Gasteiger charge is -2.53. The summed E-state index contributed by atoms with van der Waals surface area (Å²) in [7, 11) is 0. The molecule has 0 aliphatic carbocycles. The van der Waals surface area contributed by atoms with Gasteiger partial charge in [0.25, 0.3) is 0 Å². The molecular weight excluding hydrogens is 1800 g/mol. The molecule has 7 aromatic rings. The summed E-state index contributed by atoms with van der Waals surface area (Å²) in [5, 5.41) is 15.4. The highest BCUT2D eigenvalue weighted by molar-refractivity contribution is 6.67. The van der Waals surface area contributed by atoms with Crippen LogP contribution >= 0.6 is 34.8 Å². The van der Waals surface area contributed by atoms with Crippen LogP contribution in [0.1, 0.15) is 94.3 Å². The molecule has 5 fully saturated rings. The predicted molar refractivity (Wildman–Crippen MR) is 468 cm³/mol. The number of nitrogens with one attached hydrogen (secondary N) is 1. The Morgan fingerprint density at radius 1 is 0.301 bits per heavy atom. The second-order valence-corrected chi connectivity index (χ2v) is 34.5. The van der Waals surface area contributed by atoms with E-state index in [4.69, 9.17) is 148 Å². The third kappa shape index (κ3) is 30.9. The fourth-order valence-corrected chi connectivity index (χ4v) is 16.0. The summed E-state index contributed by atoms with van der Waals surface area (Å²) in [5.74, 6) is -6.57. The minimum Gasteiger partial charge on any atom is -0.463 e. The highest BCUT2D eigenvalue weighted by Gasteiger charge is 2.62. The molecule has 5 saturated heterocycles. The lowest BCUT2D eigenvalue weighted by atomic mass is 9.93. The average molecular weight is 1910 g/mol. The molecule has 0 saturated carbocycles. The zero-order chi connectivity index (χ0) is 94.5. The Hall–Kier alpha value is -9.71. The monoisotopic (exact) mass is 1910 g/mol. The summed E-state index contributed by atoms with van der Waals surface area (Å²) >= 11 is 19.2. The van der Waals surface area contributed by atoms with Crippen molar-refractivity contribution in [3.63, 3.8) is 0 Å². The summed E-state index contributed by atoms with van der Waals surface area (Å²) in [6.45, 7) is 4.80. The van der Waals surface area contributed by atoms with E-state index in [1.807, 2.05) is 121 Å². The van der Waals surface area contributed by atoms with E-state index >= 15 is 4.79 Å². The van der Waals surface area contributed by atoms with Crippen molar-refractivity contribution in [1.29, 1.82) is 0 Å². The van der Waals surface area contributed by atoms with Crippen molar-refractivity contribution in [2.24, 2.45) is 0 Å². The molecule has 37 heteroatoms. The normalized spacial score (nSPS) is 28.7. The number of amides is 1. The van der Waals surface area contributed by atoms with Gasteiger partial charge in [0.15, 0.2) is 68.1 Å². The molecule has 25 atom stereocenters. The van der Waals surface area contributed by atoms with Gasteiger partial charge < -0.3 is 124 Å². The molecule has 2 N–H and O–H groups in total. The van der Waals surface area contributed by atoms with Crippen LogP contribution in [0.3, 0.4) is 0 Å². The second-order valence-electron chi connectivity index (χ2n) is 32.0. The van der Waals surface area contributed by atoms with Crippen LogP contribution in [0.15, 0.2) is 212 Å². The minimum absolute atomic E-state index is 0.0390. The van der Waals surface area contributed by atoms with E-state index in [1.165, 1.54) is 6.92 Å². The van der Waals surface area contributed by atoms with Crippen LogP contribution in [0.4, 0.5) is 4.79 Å². The zero-order valence-electron chi connectivity index (χ0n) is 74.3. The van der Waals surface area contributed by atoms with Gasteiger partial charge in [-0.15, -0.1) is 0 Å². The summed E-state index contributed by atoms with van der Waals surface area (Å²) in [6, 6.07) is 61.0. The molecule has 0 aromatic heterocycles. The van der Waals surface area contributed by atoms with Crippen LogP contribution in [0.2, 0.25) is 0 Å². The standard InChI is InChI=1S/C96H110Cl3NO33/c1-56-76(120-58(3)102)83(123-61(6)105)87(116-49-69-40-26-14-27-41-69)92(119-56)132-81-75(100-95(109)118-55-96(97,98)99)91(127-72(52-111-45-65-32-18-10-19-33-65)77(81)130-94-89(125-63(8)107)85(124-62(7)106)80(122-60(5)104)74(129-94)54-113-57(2)101)133-84-79(121-59(4)103)73(53-112-46-66-34-20-11-21-35-66)128-93(88(84)117-50-70-42-28-15-29-43-70)131-78-71(51-110-44-64-30-16-9-17-31-64)126-90(108)86(115-48-68-38-24-13-25-39-68)82(78)114-47-67-36-22-12-23-37-67/h9-43,56,71-94,108H,44-55H2,1-8H3,(H,100,109)/t56-,71+,72+,73+,74+,75+,76+,77+,78+,79-,80-,81+,82-,83+,84-,85-,86+,87-,88+,89+,90+,91-,92-,93-,94-/m0/s1. The van der Waals surface area contributed by atoms with Crippen molar-refractivity contribution in [3.8, 4) is 0 Å². The molecule has 5 heterocycles. The maximum absolute atomic E-state index is 15.6. The number of aliphatic hydroxyl groups is 1. The van der Waals surface area contributed by atoms with Gasteiger partial charge in [-0.3, -0.25) is 33.6 Å². The van der Waals surface area contributed by atoms with Crippen LogP contribution < -0.4 is 5.32 Å². The molecule has 1 amide bonds. The third-order valence-electron chi connectivity index (χ3n) is 21.6. The number of ether oxygens (including phenoxy) is 24. The number of alkyl halides is 3. The Kier molecular flexibility index (Phi) is 39.0. The van der Waals surface area contributed by atoms with E-state index in [1.54, 1.807) is 91.0 Å². The lowest BCUT2D eigenvalue weighted by molar-refractivity contribution is -0.397. The molecule has 7 aromatic carbocycles. The molecular formula is C96H110Cl3NO33. The number of carbonyl (C=O) groups is 8. The smallest absolute Gasteiger partial charge is 0.407 e. The molecule has 0 radical (unpaired) electrons. The van der Waals surface area contributed by atoms with Gasteiger partial charge in [-0.1, -0.05) is 247 Å². The molecule has 133 heavy (non-hydrogen) atoms. The van der Waals surface area contributed by atoms with Crippen LogP contribution in [0.5, 0.6) is 0 Å². The number of benzene rings is 7. The maximum atomic E-state index is 15.6. The summed E-state index contributed by atoms with van der Waals surface area (Å²) in [6.07, 6.45) is -43.2. The Morgan fingerprint density at radius 3 is 1.00 bits per heavy atom. The SMILES string of the molecule is CC(=O)OC[C@H]1O[C@@H](O[C@H]2[C@H](O[C@@H]3O[C@@H](C)[C@@H](OC(C)=O)[C@@H](OC(C)=O)[C@@H]3OCc3ccccc3)[C@@H](NC(=O)OCC(Cl)(Cl)Cl)[C@H](O[C@H]3[C@@H](OC(C)=O)[C@@H](COCc4ccccc4)O[C@@H](O[C@H]4[C@H](OCc5ccccc5)[C@@H](OCc5ccccc5)[C@H](O)O[C@@H]4COCc4ccccc4)[C@@H]3OCc3ccccc3)O[C@@H]2COCc2ccccc2)[C@H](OC(C)=O)[C@@H](OC(C)=O)[C@H]1OC(C)=O. The van der Waals surface area contributed by atoms with Crippen molar-refractivity contribution in [1.82, 2.24) is 5.32 Å². The molecule has 0 unspecified atom stereocenters. The highest BCUT2D eigenvalue weighted by Crippen LogP contribution is 2.43. The molecule has 5 aliphatic rings. The van der Waals surface area contributed by atoms with Crippen LogP contribution in [0.25, 0.3) is 0 Å². The molecule has 34 nitrogen and oxygen atoms in total. The first-order valence-corrected chi connectivity index (χ1v) is 44.4. The maximum Gasteiger partial charge on any atom is 0.407 e. The average Bonchev–Trinajstić information content (AvgIpc) is 0.756. The van der Waals surface area contributed by atoms with Crippen molar-refractivity contribution in [3.05, 3.63) is 251 Å². The topological polar surface area (TPSA) is 390 Å². The Labute approximate surface area is 784 Å². The first-order valence-electron chi connectivity index (χ1n) is 43.3. The number of esters is 7. The van der Waals surface area contributed by atoms with Crippen molar-refractivity contribution in [2.45, 2.75) is 259 Å². The van der Waals surface area contributed by atoms with E-state index in [0.717, 1.165) is 54.0 Å². The Morgan fingerprint density at radius 2 is 0.594 bits per heavy atom. The van der Waals surface area contributed by atoms with Gasteiger partial charge in [-0.25, -0.2) is 4.79 Å².